The molecule has 0 spiro atoms. The van der Waals surface area contributed by atoms with Gasteiger partial charge in [0, 0.05) is 17.7 Å². The molecular weight excluding hydrogens is 246 g/mol. The number of rotatable bonds is 3. The van der Waals surface area contributed by atoms with Gasteiger partial charge in [-0.15, -0.1) is 0 Å². The van der Waals surface area contributed by atoms with Crippen molar-refractivity contribution in [1.82, 2.24) is 5.32 Å². The molecule has 1 aromatic carbocycles. The van der Waals surface area contributed by atoms with Gasteiger partial charge in [0.05, 0.1) is 6.07 Å². The quantitative estimate of drug-likeness (QED) is 0.842. The van der Waals surface area contributed by atoms with E-state index in [1.807, 2.05) is 0 Å². The molecule has 0 heterocycles. The highest BCUT2D eigenvalue weighted by Gasteiger charge is 2.20. The monoisotopic (exact) mass is 264 g/mol. The maximum Gasteiger partial charge on any atom is 0.131 e. The number of nitriles is 1. The zero-order valence-electron chi connectivity index (χ0n) is 10.8. The van der Waals surface area contributed by atoms with Crippen molar-refractivity contribution in [2.75, 3.05) is 0 Å². The summed E-state index contributed by atoms with van der Waals surface area (Å²) in [7, 11) is 0. The van der Waals surface area contributed by atoms with Crippen LogP contribution < -0.4 is 5.32 Å². The average Bonchev–Trinajstić information content (AvgIpc) is 2.65. The van der Waals surface area contributed by atoms with E-state index in [1.54, 1.807) is 0 Å². The van der Waals surface area contributed by atoms with Gasteiger partial charge in [0.2, 0.25) is 0 Å². The molecule has 2 rings (SSSR count). The van der Waals surface area contributed by atoms with Crippen LogP contribution in [0.25, 0.3) is 0 Å². The molecule has 0 bridgehead atoms. The summed E-state index contributed by atoms with van der Waals surface area (Å²) in [6, 6.07) is 4.98. The predicted molar refractivity (Wildman–Crippen MR) is 69.3 cm³/mol. The van der Waals surface area contributed by atoms with Crippen LogP contribution in [0.3, 0.4) is 0 Å². The van der Waals surface area contributed by atoms with Crippen LogP contribution >= 0.6 is 0 Å². The maximum absolute atomic E-state index is 13.7. The summed E-state index contributed by atoms with van der Waals surface area (Å²) in [6.45, 7) is 0. The third-order valence-corrected chi connectivity index (χ3v) is 3.66. The number of nitrogens with zero attached hydrogens (tertiary/aromatic N) is 1. The molecule has 0 saturated heterocycles. The molecule has 0 aromatic heterocycles. The lowest BCUT2D eigenvalue weighted by Gasteiger charge is -2.20. The Hall–Kier alpha value is -1.47. The van der Waals surface area contributed by atoms with Crippen LogP contribution in [0.4, 0.5) is 8.78 Å². The van der Waals surface area contributed by atoms with Crippen LogP contribution in [-0.4, -0.2) is 6.04 Å². The summed E-state index contributed by atoms with van der Waals surface area (Å²) < 4.78 is 26.6. The van der Waals surface area contributed by atoms with Crippen LogP contribution in [0, 0.1) is 23.0 Å². The van der Waals surface area contributed by atoms with Crippen molar-refractivity contribution < 1.29 is 8.78 Å². The van der Waals surface area contributed by atoms with E-state index in [2.05, 4.69) is 11.4 Å². The molecule has 1 fully saturated rings. The molecule has 0 amide bonds. The van der Waals surface area contributed by atoms with E-state index < -0.39 is 17.7 Å². The lowest BCUT2D eigenvalue weighted by molar-refractivity contribution is 0.428. The molecule has 1 aliphatic rings. The van der Waals surface area contributed by atoms with E-state index >= 15 is 0 Å². The Morgan fingerprint density at radius 2 is 1.84 bits per heavy atom. The van der Waals surface area contributed by atoms with Gasteiger partial charge in [0.1, 0.15) is 17.7 Å². The van der Waals surface area contributed by atoms with Crippen molar-refractivity contribution in [3.63, 3.8) is 0 Å². The van der Waals surface area contributed by atoms with E-state index in [9.17, 15) is 14.0 Å². The molecular formula is C15H18F2N2. The summed E-state index contributed by atoms with van der Waals surface area (Å²) in [6.07, 6.45) is 6.76. The first-order valence-corrected chi connectivity index (χ1v) is 6.81. The highest BCUT2D eigenvalue weighted by atomic mass is 19.1. The van der Waals surface area contributed by atoms with Crippen molar-refractivity contribution in [3.05, 3.63) is 35.4 Å². The minimum absolute atomic E-state index is 0.230. The minimum Gasteiger partial charge on any atom is -0.295 e. The van der Waals surface area contributed by atoms with Gasteiger partial charge < -0.3 is 0 Å². The Labute approximate surface area is 112 Å². The Bertz CT molecular complexity index is 460. The second-order valence-electron chi connectivity index (χ2n) is 5.08. The zero-order valence-corrected chi connectivity index (χ0v) is 10.8. The van der Waals surface area contributed by atoms with Crippen molar-refractivity contribution in [2.45, 2.75) is 50.6 Å². The van der Waals surface area contributed by atoms with Crippen molar-refractivity contribution in [2.24, 2.45) is 0 Å². The maximum atomic E-state index is 13.7. The van der Waals surface area contributed by atoms with Gasteiger partial charge in [0.25, 0.3) is 0 Å². The zero-order chi connectivity index (χ0) is 13.7. The molecule has 1 aromatic rings. The normalized spacial score (nSPS) is 18.6. The Kier molecular flexibility index (Phi) is 4.86. The van der Waals surface area contributed by atoms with Gasteiger partial charge in [-0.2, -0.15) is 5.26 Å². The van der Waals surface area contributed by atoms with Gasteiger partial charge in [-0.3, -0.25) is 5.32 Å². The molecule has 2 nitrogen and oxygen atoms in total. The van der Waals surface area contributed by atoms with Gasteiger partial charge in [-0.25, -0.2) is 8.78 Å². The highest BCUT2D eigenvalue weighted by Crippen LogP contribution is 2.22. The Morgan fingerprint density at radius 1 is 1.16 bits per heavy atom. The number of hydrogen-bond donors (Lipinski definition) is 1. The van der Waals surface area contributed by atoms with E-state index in [0.29, 0.717) is 0 Å². The van der Waals surface area contributed by atoms with Crippen molar-refractivity contribution in [1.29, 1.82) is 5.26 Å². The lowest BCUT2D eigenvalue weighted by atomic mass is 10.0. The molecule has 4 heteroatoms. The predicted octanol–water partition coefficient (Wildman–Crippen LogP) is 3.84. The molecule has 0 radical (unpaired) electrons. The number of nitrogens with one attached hydrogen (secondary N) is 1. The molecule has 1 atom stereocenters. The van der Waals surface area contributed by atoms with Gasteiger partial charge in [-0.1, -0.05) is 31.7 Å². The third kappa shape index (κ3) is 3.74. The van der Waals surface area contributed by atoms with E-state index in [0.717, 1.165) is 31.7 Å². The van der Waals surface area contributed by atoms with E-state index in [4.69, 9.17) is 0 Å². The van der Waals surface area contributed by atoms with Crippen LogP contribution in [0.15, 0.2) is 18.2 Å². The van der Waals surface area contributed by atoms with E-state index in [-0.39, 0.29) is 11.6 Å². The Balaban J connectivity index is 2.09. The van der Waals surface area contributed by atoms with Crippen LogP contribution in [0.5, 0.6) is 0 Å². The SMILES string of the molecule is N#CC(NC1CCCCCC1)c1ccc(F)cc1F. The summed E-state index contributed by atoms with van der Waals surface area (Å²) >= 11 is 0. The summed E-state index contributed by atoms with van der Waals surface area (Å²) in [5, 5.41) is 12.4. The average molecular weight is 264 g/mol. The fourth-order valence-corrected chi connectivity index (χ4v) is 2.61. The summed E-state index contributed by atoms with van der Waals surface area (Å²) in [5.41, 5.74) is 0.230. The summed E-state index contributed by atoms with van der Waals surface area (Å²) in [5.74, 6) is -1.28. The van der Waals surface area contributed by atoms with E-state index in [1.165, 1.54) is 25.0 Å². The van der Waals surface area contributed by atoms with Crippen molar-refractivity contribution >= 4 is 0 Å². The van der Waals surface area contributed by atoms with Crippen LogP contribution in [0.1, 0.15) is 50.1 Å². The number of hydrogen-bond acceptors (Lipinski definition) is 2. The van der Waals surface area contributed by atoms with Gasteiger partial charge >= 0.3 is 0 Å². The van der Waals surface area contributed by atoms with Gasteiger partial charge in [0.15, 0.2) is 0 Å². The first kappa shape index (κ1) is 14.0. The fourth-order valence-electron chi connectivity index (χ4n) is 2.61. The molecule has 1 saturated carbocycles. The first-order chi connectivity index (χ1) is 9.20. The molecule has 102 valence electrons. The summed E-state index contributed by atoms with van der Waals surface area (Å²) in [4.78, 5) is 0. The fraction of sp³-hybridized carbons (Fsp3) is 0.533. The Morgan fingerprint density at radius 3 is 2.42 bits per heavy atom. The topological polar surface area (TPSA) is 35.8 Å². The van der Waals surface area contributed by atoms with Gasteiger partial charge in [-0.05, 0) is 18.9 Å². The third-order valence-electron chi connectivity index (χ3n) is 3.66. The molecule has 19 heavy (non-hydrogen) atoms. The molecule has 0 aliphatic heterocycles. The highest BCUT2D eigenvalue weighted by molar-refractivity contribution is 5.26. The van der Waals surface area contributed by atoms with Crippen LogP contribution in [-0.2, 0) is 0 Å². The van der Waals surface area contributed by atoms with Crippen molar-refractivity contribution in [3.8, 4) is 6.07 Å². The largest absolute Gasteiger partial charge is 0.295 e. The molecule has 1 aliphatic carbocycles. The second-order valence-corrected chi connectivity index (χ2v) is 5.08. The number of benzene rings is 1. The second kappa shape index (κ2) is 6.63. The lowest BCUT2D eigenvalue weighted by Crippen LogP contribution is -2.32. The standard InChI is InChI=1S/C15H18F2N2/c16-11-7-8-13(14(17)9-11)15(10-18)19-12-5-3-1-2-4-6-12/h7-9,12,15,19H,1-6H2. The first-order valence-electron chi connectivity index (χ1n) is 6.81. The minimum atomic E-state index is -0.705. The smallest absolute Gasteiger partial charge is 0.131 e. The number of halogens is 2. The van der Waals surface area contributed by atoms with Crippen LogP contribution in [0.2, 0.25) is 0 Å². The molecule has 1 unspecified atom stereocenters. The molecule has 1 N–H and O–H groups in total.